The lowest BCUT2D eigenvalue weighted by atomic mass is 10.0. The fourth-order valence-electron chi connectivity index (χ4n) is 3.02. The van der Waals surface area contributed by atoms with Crippen LogP contribution in [0.15, 0.2) is 12.1 Å². The van der Waals surface area contributed by atoms with E-state index < -0.39 is 51.8 Å². The van der Waals surface area contributed by atoms with Crippen molar-refractivity contribution < 1.29 is 28.0 Å². The monoisotopic (exact) mass is 428 g/mol. The Labute approximate surface area is 172 Å². The second-order valence-electron chi connectivity index (χ2n) is 7.95. The molecule has 1 heterocycles. The Morgan fingerprint density at radius 3 is 2.60 bits per heavy atom. The van der Waals surface area contributed by atoms with Gasteiger partial charge in [0.2, 0.25) is 0 Å². The molecule has 1 fully saturated rings. The first-order chi connectivity index (χ1) is 13.9. The number of alkyl halides is 1. The van der Waals surface area contributed by atoms with Crippen LogP contribution in [0.3, 0.4) is 0 Å². The van der Waals surface area contributed by atoms with Crippen LogP contribution in [0.2, 0.25) is 0 Å². The molecule has 0 aliphatic carbocycles. The first-order valence-electron chi connectivity index (χ1n) is 9.57. The molecule has 0 aromatic heterocycles. The molecule has 0 unspecified atom stereocenters. The minimum Gasteiger partial charge on any atom is -0.444 e. The lowest BCUT2D eigenvalue weighted by Crippen LogP contribution is -2.55. The Bertz CT molecular complexity index is 828. The molecule has 1 aromatic rings. The molecule has 0 radical (unpaired) electrons. The highest BCUT2D eigenvalue weighted by Crippen LogP contribution is 2.28. The van der Waals surface area contributed by atoms with Crippen molar-refractivity contribution in [1.29, 1.82) is 0 Å². The number of nitro benzene ring substituents is 1. The quantitative estimate of drug-likeness (QED) is 0.550. The van der Waals surface area contributed by atoms with Crippen molar-refractivity contribution in [2.45, 2.75) is 51.9 Å². The number of anilines is 1. The summed E-state index contributed by atoms with van der Waals surface area (Å²) in [6, 6.07) is 0.562. The zero-order chi connectivity index (χ0) is 22.6. The number of nitrogens with one attached hydrogen (secondary N) is 2. The summed E-state index contributed by atoms with van der Waals surface area (Å²) < 4.78 is 34.0. The Balaban J connectivity index is 2.18. The van der Waals surface area contributed by atoms with E-state index in [-0.39, 0.29) is 25.2 Å². The average Bonchev–Trinajstić information content (AvgIpc) is 2.62. The molecule has 0 bridgehead atoms. The third-order valence-corrected chi connectivity index (χ3v) is 4.39. The predicted molar refractivity (Wildman–Crippen MR) is 106 cm³/mol. The highest BCUT2D eigenvalue weighted by Gasteiger charge is 2.35. The largest absolute Gasteiger partial charge is 0.444 e. The molecule has 2 rings (SSSR count). The number of nitro groups is 1. The number of likely N-dealkylation sites (tertiary alicyclic amines) is 1. The van der Waals surface area contributed by atoms with Crippen LogP contribution in [0.4, 0.5) is 25.0 Å². The Hall–Kier alpha value is -2.98. The van der Waals surface area contributed by atoms with E-state index in [1.807, 2.05) is 0 Å². The van der Waals surface area contributed by atoms with Crippen LogP contribution in [0.25, 0.3) is 0 Å². The van der Waals surface area contributed by atoms with Gasteiger partial charge >= 0.3 is 6.09 Å². The van der Waals surface area contributed by atoms with Gasteiger partial charge in [0.1, 0.15) is 23.3 Å². The van der Waals surface area contributed by atoms with Crippen molar-refractivity contribution in [2.75, 3.05) is 25.0 Å². The van der Waals surface area contributed by atoms with Gasteiger partial charge < -0.3 is 20.3 Å². The summed E-state index contributed by atoms with van der Waals surface area (Å²) in [6.07, 6.45) is -2.15. The maximum absolute atomic E-state index is 14.4. The maximum Gasteiger partial charge on any atom is 0.410 e. The molecule has 2 atom stereocenters. The first-order valence-corrected chi connectivity index (χ1v) is 9.57. The second-order valence-corrected chi connectivity index (χ2v) is 7.95. The van der Waals surface area contributed by atoms with Gasteiger partial charge in [-0.15, -0.1) is 0 Å². The topological polar surface area (TPSA) is 114 Å². The maximum atomic E-state index is 14.4. The van der Waals surface area contributed by atoms with Crippen molar-refractivity contribution >= 4 is 23.4 Å². The van der Waals surface area contributed by atoms with Gasteiger partial charge in [0.05, 0.1) is 16.5 Å². The van der Waals surface area contributed by atoms with Gasteiger partial charge in [0.15, 0.2) is 0 Å². The Kier molecular flexibility index (Phi) is 7.16. The number of rotatable bonds is 5. The van der Waals surface area contributed by atoms with E-state index in [0.717, 1.165) is 12.1 Å². The van der Waals surface area contributed by atoms with Gasteiger partial charge in [-0.2, -0.15) is 0 Å². The third-order valence-electron chi connectivity index (χ3n) is 4.39. The van der Waals surface area contributed by atoms with E-state index in [1.54, 1.807) is 27.7 Å². The molecule has 0 saturated carbocycles. The molecule has 0 spiro atoms. The van der Waals surface area contributed by atoms with Crippen molar-refractivity contribution in [3.05, 3.63) is 33.6 Å². The van der Waals surface area contributed by atoms with Crippen LogP contribution in [-0.2, 0) is 4.74 Å². The number of halogens is 2. The number of carbonyl (C=O) groups excluding carboxylic acids is 2. The normalized spacial score (nSPS) is 19.2. The molecule has 30 heavy (non-hydrogen) atoms. The van der Waals surface area contributed by atoms with E-state index in [2.05, 4.69) is 10.6 Å². The van der Waals surface area contributed by atoms with Crippen LogP contribution in [0.5, 0.6) is 0 Å². The molecule has 2 N–H and O–H groups in total. The third kappa shape index (κ3) is 5.77. The van der Waals surface area contributed by atoms with Gasteiger partial charge in [0, 0.05) is 31.8 Å². The molecule has 166 valence electrons. The number of hydrogen-bond donors (Lipinski definition) is 2. The molecule has 1 aliphatic heterocycles. The van der Waals surface area contributed by atoms with Crippen LogP contribution in [-0.4, -0.2) is 59.3 Å². The number of benzene rings is 1. The smallest absolute Gasteiger partial charge is 0.410 e. The first kappa shape index (κ1) is 23.3. The number of piperidine rings is 1. The summed E-state index contributed by atoms with van der Waals surface area (Å²) in [5.41, 5.74) is -1.85. The molecular formula is C19H26F2N4O5. The average molecular weight is 428 g/mol. The predicted octanol–water partition coefficient (Wildman–Crippen LogP) is 3.24. The van der Waals surface area contributed by atoms with Crippen LogP contribution in [0, 0.1) is 15.9 Å². The van der Waals surface area contributed by atoms with Crippen molar-refractivity contribution in [3.8, 4) is 0 Å². The van der Waals surface area contributed by atoms with E-state index in [0.29, 0.717) is 6.54 Å². The van der Waals surface area contributed by atoms with Crippen LogP contribution < -0.4 is 10.6 Å². The molecule has 9 nitrogen and oxygen atoms in total. The van der Waals surface area contributed by atoms with E-state index >= 15 is 0 Å². The minimum atomic E-state index is -1.47. The molecule has 1 aromatic carbocycles. The highest BCUT2D eigenvalue weighted by atomic mass is 19.1. The second kappa shape index (κ2) is 9.23. The van der Waals surface area contributed by atoms with E-state index in [1.165, 1.54) is 4.90 Å². The Morgan fingerprint density at radius 2 is 2.03 bits per heavy atom. The Morgan fingerprint density at radius 1 is 1.37 bits per heavy atom. The summed E-state index contributed by atoms with van der Waals surface area (Å²) in [5.74, 6) is -1.98. The van der Waals surface area contributed by atoms with Crippen molar-refractivity contribution in [3.63, 3.8) is 0 Å². The number of carbonyl (C=O) groups is 2. The summed E-state index contributed by atoms with van der Waals surface area (Å²) in [5, 5.41) is 16.3. The fraction of sp³-hybridized carbons (Fsp3) is 0.579. The van der Waals surface area contributed by atoms with Gasteiger partial charge in [0.25, 0.3) is 11.6 Å². The molecule has 1 aliphatic rings. The number of ether oxygens (including phenoxy) is 1. The zero-order valence-electron chi connectivity index (χ0n) is 17.3. The number of amides is 2. The van der Waals surface area contributed by atoms with Gasteiger partial charge in [-0.25, -0.2) is 13.6 Å². The lowest BCUT2D eigenvalue weighted by Gasteiger charge is -2.36. The summed E-state index contributed by atoms with van der Waals surface area (Å²) >= 11 is 0. The molecular weight excluding hydrogens is 402 g/mol. The summed E-state index contributed by atoms with van der Waals surface area (Å²) in [6.45, 7) is 7.03. The molecule has 1 saturated heterocycles. The van der Waals surface area contributed by atoms with Crippen molar-refractivity contribution in [2.24, 2.45) is 0 Å². The highest BCUT2D eigenvalue weighted by molar-refractivity contribution is 5.96. The summed E-state index contributed by atoms with van der Waals surface area (Å²) in [4.78, 5) is 36.5. The fourth-order valence-corrected chi connectivity index (χ4v) is 3.02. The molecule has 2 amide bonds. The summed E-state index contributed by atoms with van der Waals surface area (Å²) in [7, 11) is 0. The number of nitrogens with zero attached hydrogens (tertiary/aromatic N) is 2. The van der Waals surface area contributed by atoms with Gasteiger partial charge in [-0.05, 0) is 34.1 Å². The molecule has 11 heteroatoms. The SMILES string of the molecule is CCNc1cc(F)c(C(=O)N[C@H]2CN(C(=O)OC(C)(C)C)CC[C@@H]2F)cc1[N+](=O)[O-]. The minimum absolute atomic E-state index is 0.0355. The van der Waals surface area contributed by atoms with Crippen LogP contribution in [0.1, 0.15) is 44.5 Å². The van der Waals surface area contributed by atoms with Gasteiger partial charge in [-0.1, -0.05) is 0 Å². The standard InChI is InChI=1S/C19H26F2N4O5/c1-5-22-14-9-13(21)11(8-16(14)25(28)29)17(26)23-15-10-24(7-6-12(15)20)18(27)30-19(2,3)4/h8-9,12,15,22H,5-7,10H2,1-4H3,(H,23,26)/t12-,15-/m0/s1. The number of hydrogen-bond acceptors (Lipinski definition) is 6. The van der Waals surface area contributed by atoms with E-state index in [9.17, 15) is 28.5 Å². The lowest BCUT2D eigenvalue weighted by molar-refractivity contribution is -0.384. The van der Waals surface area contributed by atoms with Gasteiger partial charge in [-0.3, -0.25) is 14.9 Å². The van der Waals surface area contributed by atoms with Crippen molar-refractivity contribution in [1.82, 2.24) is 10.2 Å². The van der Waals surface area contributed by atoms with E-state index in [4.69, 9.17) is 4.74 Å². The zero-order valence-corrected chi connectivity index (χ0v) is 17.3. The van der Waals surface area contributed by atoms with Crippen LogP contribution >= 0.6 is 0 Å².